The number of nitrogens with zero attached hydrogens (tertiary/aromatic N) is 1. The second-order valence-corrected chi connectivity index (χ2v) is 6.87. The van der Waals surface area contributed by atoms with Crippen LogP contribution < -0.4 is 10.1 Å². The van der Waals surface area contributed by atoms with Crippen molar-refractivity contribution in [2.75, 3.05) is 12.4 Å². The first kappa shape index (κ1) is 19.2. The second-order valence-electron chi connectivity index (χ2n) is 6.47. The molecule has 1 aromatic carbocycles. The highest BCUT2D eigenvalue weighted by atomic mass is 35.5. The Hall–Kier alpha value is -2.60. The molecular formula is C20H20ClFN2O3. The van der Waals surface area contributed by atoms with Crippen molar-refractivity contribution in [2.24, 2.45) is 0 Å². The van der Waals surface area contributed by atoms with E-state index in [1.54, 1.807) is 25.3 Å². The van der Waals surface area contributed by atoms with Crippen LogP contribution in [0.5, 0.6) is 5.88 Å². The number of nitrogens with one attached hydrogen (secondary N) is 1. The zero-order valence-electron chi connectivity index (χ0n) is 15.5. The number of benzene rings is 1. The van der Waals surface area contributed by atoms with Gasteiger partial charge in [-0.3, -0.25) is 0 Å². The van der Waals surface area contributed by atoms with Crippen molar-refractivity contribution >= 4 is 23.3 Å². The highest BCUT2D eigenvalue weighted by Crippen LogP contribution is 2.48. The monoisotopic (exact) mass is 390 g/mol. The Balaban J connectivity index is 2.34. The molecular weight excluding hydrogens is 371 g/mol. The van der Waals surface area contributed by atoms with Gasteiger partial charge < -0.3 is 14.8 Å². The van der Waals surface area contributed by atoms with Crippen LogP contribution in [-0.4, -0.2) is 24.2 Å². The number of allylic oxidation sites excluding steroid dienone is 1. The van der Waals surface area contributed by atoms with Crippen LogP contribution in [-0.2, 0) is 9.53 Å². The average molecular weight is 391 g/mol. The van der Waals surface area contributed by atoms with Crippen LogP contribution in [0, 0.1) is 5.82 Å². The summed E-state index contributed by atoms with van der Waals surface area (Å²) in [5.74, 6) is -1.60. The average Bonchev–Trinajstić information content (AvgIpc) is 2.60. The van der Waals surface area contributed by atoms with E-state index in [1.165, 1.54) is 19.2 Å². The molecule has 1 aliphatic heterocycles. The van der Waals surface area contributed by atoms with Gasteiger partial charge in [0.25, 0.3) is 0 Å². The van der Waals surface area contributed by atoms with E-state index in [0.29, 0.717) is 22.8 Å². The fourth-order valence-corrected chi connectivity index (χ4v) is 3.52. The number of rotatable bonds is 4. The fraction of sp³-hybridized carbons (Fsp3) is 0.300. The summed E-state index contributed by atoms with van der Waals surface area (Å²) in [4.78, 5) is 16.9. The first-order chi connectivity index (χ1) is 12.8. The summed E-state index contributed by atoms with van der Waals surface area (Å²) in [5, 5.41) is 3.38. The Bertz CT molecular complexity index is 907. The molecule has 0 saturated carbocycles. The molecule has 1 unspecified atom stereocenters. The molecule has 0 aliphatic carbocycles. The van der Waals surface area contributed by atoms with E-state index in [9.17, 15) is 9.18 Å². The zero-order chi connectivity index (χ0) is 19.7. The summed E-state index contributed by atoms with van der Waals surface area (Å²) in [6.07, 6.45) is 1.44. The van der Waals surface area contributed by atoms with Gasteiger partial charge in [-0.05, 0) is 39.0 Å². The van der Waals surface area contributed by atoms with E-state index in [4.69, 9.17) is 21.1 Å². The Morgan fingerprint density at radius 1 is 1.30 bits per heavy atom. The number of anilines is 1. The number of fused-ring (bicyclic) bond motifs is 1. The SMILES string of the molecule is COC(=O)C1=C(C)Nc2ccnc(OC(C)C)c2C1c1c(F)cccc1Cl. The normalized spacial score (nSPS) is 16.0. The largest absolute Gasteiger partial charge is 0.475 e. The molecule has 2 heterocycles. The first-order valence-corrected chi connectivity index (χ1v) is 8.88. The predicted molar refractivity (Wildman–Crippen MR) is 102 cm³/mol. The molecule has 1 aliphatic rings. The number of carbonyl (C=O) groups excluding carboxylic acids is 1. The predicted octanol–water partition coefficient (Wildman–Crippen LogP) is 4.67. The minimum atomic E-state index is -0.815. The van der Waals surface area contributed by atoms with Gasteiger partial charge in [0.15, 0.2) is 0 Å². The molecule has 142 valence electrons. The third kappa shape index (κ3) is 3.49. The topological polar surface area (TPSA) is 60.5 Å². The van der Waals surface area contributed by atoms with Crippen LogP contribution in [0.1, 0.15) is 37.8 Å². The molecule has 0 saturated heterocycles. The lowest BCUT2D eigenvalue weighted by atomic mass is 9.81. The van der Waals surface area contributed by atoms with E-state index in [2.05, 4.69) is 10.3 Å². The summed E-state index contributed by atoms with van der Waals surface area (Å²) in [5.41, 5.74) is 2.22. The summed E-state index contributed by atoms with van der Waals surface area (Å²) < 4.78 is 25.7. The van der Waals surface area contributed by atoms with Gasteiger partial charge in [0.05, 0.1) is 30.3 Å². The number of ether oxygens (including phenoxy) is 2. The summed E-state index contributed by atoms with van der Waals surface area (Å²) in [7, 11) is 1.28. The van der Waals surface area contributed by atoms with Crippen LogP contribution in [0.3, 0.4) is 0 Å². The molecule has 3 rings (SSSR count). The van der Waals surface area contributed by atoms with E-state index in [0.717, 1.165) is 0 Å². The van der Waals surface area contributed by atoms with Gasteiger partial charge in [0.1, 0.15) is 5.82 Å². The Morgan fingerprint density at radius 3 is 2.67 bits per heavy atom. The number of aromatic nitrogens is 1. The molecule has 0 spiro atoms. The van der Waals surface area contributed by atoms with Crippen molar-refractivity contribution in [3.05, 3.63) is 63.7 Å². The van der Waals surface area contributed by atoms with Crippen LogP contribution in [0.25, 0.3) is 0 Å². The summed E-state index contributed by atoms with van der Waals surface area (Å²) in [6, 6.07) is 6.17. The minimum Gasteiger partial charge on any atom is -0.475 e. The van der Waals surface area contributed by atoms with Gasteiger partial charge in [-0.2, -0.15) is 0 Å². The van der Waals surface area contributed by atoms with Gasteiger partial charge >= 0.3 is 5.97 Å². The van der Waals surface area contributed by atoms with Gasteiger partial charge in [0.2, 0.25) is 5.88 Å². The second kappa shape index (κ2) is 7.56. The van der Waals surface area contributed by atoms with Gasteiger partial charge in [-0.15, -0.1) is 0 Å². The molecule has 2 aromatic rings. The number of esters is 1. The van der Waals surface area contributed by atoms with Crippen molar-refractivity contribution in [3.8, 4) is 5.88 Å². The van der Waals surface area contributed by atoms with Crippen LogP contribution in [0.15, 0.2) is 41.7 Å². The lowest BCUT2D eigenvalue weighted by Gasteiger charge is -2.31. The molecule has 0 radical (unpaired) electrons. The summed E-state index contributed by atoms with van der Waals surface area (Å²) in [6.45, 7) is 5.47. The molecule has 0 fully saturated rings. The molecule has 5 nitrogen and oxygen atoms in total. The summed E-state index contributed by atoms with van der Waals surface area (Å²) >= 11 is 6.35. The number of hydrogen-bond donors (Lipinski definition) is 1. The van der Waals surface area contributed by atoms with Gasteiger partial charge in [-0.1, -0.05) is 17.7 Å². The standard InChI is InChI=1S/C20H20ClFN2O3/c1-10(2)27-19-17-14(8-9-23-19)24-11(3)15(20(25)26-4)18(17)16-12(21)6-5-7-13(16)22/h5-10,18,24H,1-4H3. The smallest absolute Gasteiger partial charge is 0.336 e. The van der Waals surface area contributed by atoms with Crippen LogP contribution in [0.2, 0.25) is 5.02 Å². The minimum absolute atomic E-state index is 0.158. The molecule has 0 amide bonds. The van der Waals surface area contributed by atoms with Crippen LogP contribution >= 0.6 is 11.6 Å². The molecule has 27 heavy (non-hydrogen) atoms. The van der Waals surface area contributed by atoms with Crippen molar-refractivity contribution in [2.45, 2.75) is 32.8 Å². The molecule has 0 bridgehead atoms. The molecule has 1 N–H and O–H groups in total. The van der Waals surface area contributed by atoms with Gasteiger partial charge in [0, 0.05) is 28.2 Å². The maximum Gasteiger partial charge on any atom is 0.336 e. The van der Waals surface area contributed by atoms with Crippen molar-refractivity contribution < 1.29 is 18.7 Å². The third-order valence-corrected chi connectivity index (χ3v) is 4.63. The highest BCUT2D eigenvalue weighted by Gasteiger charge is 2.38. The first-order valence-electron chi connectivity index (χ1n) is 8.50. The lowest BCUT2D eigenvalue weighted by molar-refractivity contribution is -0.136. The van der Waals surface area contributed by atoms with E-state index < -0.39 is 17.7 Å². The number of hydrogen-bond acceptors (Lipinski definition) is 5. The molecule has 1 atom stereocenters. The fourth-order valence-electron chi connectivity index (χ4n) is 3.25. The Morgan fingerprint density at radius 2 is 2.04 bits per heavy atom. The zero-order valence-corrected chi connectivity index (χ0v) is 16.2. The highest BCUT2D eigenvalue weighted by molar-refractivity contribution is 6.31. The Kier molecular flexibility index (Phi) is 5.37. The quantitative estimate of drug-likeness (QED) is 0.769. The molecule has 7 heteroatoms. The van der Waals surface area contributed by atoms with E-state index >= 15 is 0 Å². The van der Waals surface area contributed by atoms with Crippen molar-refractivity contribution in [1.82, 2.24) is 4.98 Å². The third-order valence-electron chi connectivity index (χ3n) is 4.30. The number of carbonyl (C=O) groups is 1. The maximum atomic E-state index is 14.9. The number of pyridine rings is 1. The maximum absolute atomic E-state index is 14.9. The van der Waals surface area contributed by atoms with Crippen molar-refractivity contribution in [3.63, 3.8) is 0 Å². The van der Waals surface area contributed by atoms with Crippen LogP contribution in [0.4, 0.5) is 10.1 Å². The van der Waals surface area contributed by atoms with E-state index in [-0.39, 0.29) is 22.3 Å². The number of halogens is 2. The lowest BCUT2D eigenvalue weighted by Crippen LogP contribution is -2.26. The van der Waals surface area contributed by atoms with Gasteiger partial charge in [-0.25, -0.2) is 14.2 Å². The van der Waals surface area contributed by atoms with E-state index in [1.807, 2.05) is 13.8 Å². The number of methoxy groups -OCH3 is 1. The molecule has 1 aromatic heterocycles. The van der Waals surface area contributed by atoms with Crippen molar-refractivity contribution in [1.29, 1.82) is 0 Å². The Labute approximate surface area is 162 Å².